The van der Waals surface area contributed by atoms with Crippen LogP contribution in [-0.2, 0) is 4.79 Å². The van der Waals surface area contributed by atoms with Crippen LogP contribution < -0.4 is 10.6 Å². The van der Waals surface area contributed by atoms with Gasteiger partial charge in [-0.2, -0.15) is 0 Å². The number of benzene rings is 2. The van der Waals surface area contributed by atoms with Gasteiger partial charge in [0.25, 0.3) is 11.8 Å². The summed E-state index contributed by atoms with van der Waals surface area (Å²) >= 11 is 9.00. The first-order chi connectivity index (χ1) is 14.1. The van der Waals surface area contributed by atoms with Crippen LogP contribution in [-0.4, -0.2) is 24.1 Å². The molecule has 0 spiro atoms. The van der Waals surface area contributed by atoms with Crippen LogP contribution in [0.25, 0.3) is 6.08 Å². The number of amides is 2. The summed E-state index contributed by atoms with van der Waals surface area (Å²) in [5.74, 6) is 0.0604. The van der Waals surface area contributed by atoms with Crippen molar-refractivity contribution in [1.29, 1.82) is 0 Å². The third-order valence-corrected chi connectivity index (χ3v) is 5.91. The molecular formula is C22H19ClN2O2S2. The van der Waals surface area contributed by atoms with Gasteiger partial charge in [-0.25, -0.2) is 0 Å². The van der Waals surface area contributed by atoms with E-state index in [0.29, 0.717) is 22.9 Å². The molecule has 4 nitrogen and oxygen atoms in total. The highest BCUT2D eigenvalue weighted by Crippen LogP contribution is 2.19. The largest absolute Gasteiger partial charge is 0.350 e. The van der Waals surface area contributed by atoms with Crippen molar-refractivity contribution in [3.8, 4) is 0 Å². The minimum Gasteiger partial charge on any atom is -0.350 e. The van der Waals surface area contributed by atoms with E-state index in [-0.39, 0.29) is 17.5 Å². The van der Waals surface area contributed by atoms with E-state index in [1.54, 1.807) is 42.1 Å². The van der Waals surface area contributed by atoms with Crippen LogP contribution in [0.3, 0.4) is 0 Å². The maximum Gasteiger partial charge on any atom is 0.267 e. The standard InChI is InChI=1S/C22H19ClN2O2S2/c23-17-8-10-18(11-9-17)29-14-12-24-22(27)20(15-19-7-4-13-28-19)25-21(26)16-5-2-1-3-6-16/h1-11,13,15H,12,14H2,(H,24,27)(H,25,26)/b20-15-. The van der Waals surface area contributed by atoms with Crippen molar-refractivity contribution in [2.75, 3.05) is 12.3 Å². The lowest BCUT2D eigenvalue weighted by atomic mass is 10.2. The number of halogens is 1. The molecule has 3 aromatic rings. The smallest absolute Gasteiger partial charge is 0.267 e. The molecule has 1 heterocycles. The summed E-state index contributed by atoms with van der Waals surface area (Å²) in [6, 6.07) is 20.2. The second kappa shape index (κ2) is 10.9. The second-order valence-electron chi connectivity index (χ2n) is 5.95. The Morgan fingerprint density at radius 3 is 2.45 bits per heavy atom. The van der Waals surface area contributed by atoms with E-state index >= 15 is 0 Å². The summed E-state index contributed by atoms with van der Waals surface area (Å²) in [7, 11) is 0. The minimum absolute atomic E-state index is 0.220. The molecule has 7 heteroatoms. The van der Waals surface area contributed by atoms with Gasteiger partial charge < -0.3 is 10.6 Å². The van der Waals surface area contributed by atoms with Crippen LogP contribution >= 0.6 is 34.7 Å². The van der Waals surface area contributed by atoms with E-state index in [1.165, 1.54) is 11.3 Å². The second-order valence-corrected chi connectivity index (χ2v) is 8.54. The zero-order valence-electron chi connectivity index (χ0n) is 15.4. The van der Waals surface area contributed by atoms with Crippen molar-refractivity contribution in [3.63, 3.8) is 0 Å². The molecule has 0 saturated carbocycles. The van der Waals surface area contributed by atoms with Gasteiger partial charge in [-0.05, 0) is 53.9 Å². The van der Waals surface area contributed by atoms with E-state index in [9.17, 15) is 9.59 Å². The first-order valence-electron chi connectivity index (χ1n) is 8.90. The normalized spacial score (nSPS) is 11.1. The van der Waals surface area contributed by atoms with E-state index in [4.69, 9.17) is 11.6 Å². The Morgan fingerprint density at radius 2 is 1.76 bits per heavy atom. The van der Waals surface area contributed by atoms with Crippen LogP contribution in [0.15, 0.2) is 82.7 Å². The Labute approximate surface area is 183 Å². The van der Waals surface area contributed by atoms with E-state index in [0.717, 1.165) is 9.77 Å². The quantitative estimate of drug-likeness (QED) is 0.290. The van der Waals surface area contributed by atoms with Crippen LogP contribution in [0.5, 0.6) is 0 Å². The van der Waals surface area contributed by atoms with Crippen LogP contribution in [0.1, 0.15) is 15.2 Å². The highest BCUT2D eigenvalue weighted by Gasteiger charge is 2.14. The van der Waals surface area contributed by atoms with Crippen molar-refractivity contribution < 1.29 is 9.59 Å². The Morgan fingerprint density at radius 1 is 1.00 bits per heavy atom. The van der Waals surface area contributed by atoms with Gasteiger partial charge in [-0.1, -0.05) is 35.9 Å². The number of thioether (sulfide) groups is 1. The number of nitrogens with one attached hydrogen (secondary N) is 2. The molecule has 2 amide bonds. The third-order valence-electron chi connectivity index (χ3n) is 3.83. The zero-order chi connectivity index (χ0) is 20.5. The van der Waals surface area contributed by atoms with E-state index < -0.39 is 0 Å². The maximum absolute atomic E-state index is 12.7. The molecular weight excluding hydrogens is 424 g/mol. The van der Waals surface area contributed by atoms with Crippen LogP contribution in [0.4, 0.5) is 0 Å². The van der Waals surface area contributed by atoms with Crippen LogP contribution in [0, 0.1) is 0 Å². The van der Waals surface area contributed by atoms with Crippen molar-refractivity contribution in [1.82, 2.24) is 10.6 Å². The van der Waals surface area contributed by atoms with Gasteiger partial charge >= 0.3 is 0 Å². The summed E-state index contributed by atoms with van der Waals surface area (Å²) in [5.41, 5.74) is 0.716. The molecule has 0 aliphatic rings. The fourth-order valence-electron chi connectivity index (χ4n) is 2.42. The predicted molar refractivity (Wildman–Crippen MR) is 121 cm³/mol. The fourth-order valence-corrected chi connectivity index (χ4v) is 3.97. The molecule has 2 N–H and O–H groups in total. The molecule has 148 valence electrons. The number of thiophene rings is 1. The third kappa shape index (κ3) is 6.78. The molecule has 0 fully saturated rings. The molecule has 29 heavy (non-hydrogen) atoms. The summed E-state index contributed by atoms with van der Waals surface area (Å²) in [6.45, 7) is 0.467. The minimum atomic E-state index is -0.320. The number of rotatable bonds is 8. The molecule has 0 unspecified atom stereocenters. The molecule has 3 rings (SSSR count). The van der Waals surface area contributed by atoms with Gasteiger partial charge in [0.1, 0.15) is 5.70 Å². The lowest BCUT2D eigenvalue weighted by Gasteiger charge is -2.11. The first kappa shape index (κ1) is 21.2. The van der Waals surface area contributed by atoms with Crippen molar-refractivity contribution in [2.24, 2.45) is 0 Å². The molecule has 0 aliphatic carbocycles. The van der Waals surface area contributed by atoms with Crippen molar-refractivity contribution in [3.05, 3.63) is 93.3 Å². The average Bonchev–Trinajstić information content (AvgIpc) is 3.25. The van der Waals surface area contributed by atoms with Gasteiger partial charge in [0, 0.05) is 32.7 Å². The highest BCUT2D eigenvalue weighted by molar-refractivity contribution is 7.99. The van der Waals surface area contributed by atoms with Gasteiger partial charge in [0.2, 0.25) is 0 Å². The summed E-state index contributed by atoms with van der Waals surface area (Å²) in [4.78, 5) is 27.1. The molecule has 0 atom stereocenters. The van der Waals surface area contributed by atoms with Crippen LogP contribution in [0.2, 0.25) is 5.02 Å². The molecule has 1 aromatic heterocycles. The van der Waals surface area contributed by atoms with Gasteiger partial charge in [0.05, 0.1) is 0 Å². The summed E-state index contributed by atoms with van der Waals surface area (Å²) < 4.78 is 0. The SMILES string of the molecule is O=C(NCCSc1ccc(Cl)cc1)/C(=C/c1cccs1)NC(=O)c1ccccc1. The number of hydrogen-bond donors (Lipinski definition) is 2. The number of hydrogen-bond acceptors (Lipinski definition) is 4. The topological polar surface area (TPSA) is 58.2 Å². The Kier molecular flexibility index (Phi) is 7.93. The summed E-state index contributed by atoms with van der Waals surface area (Å²) in [6.07, 6.45) is 1.69. The first-order valence-corrected chi connectivity index (χ1v) is 11.1. The highest BCUT2D eigenvalue weighted by atomic mass is 35.5. The number of carbonyl (C=O) groups excluding carboxylic acids is 2. The van der Waals surface area contributed by atoms with Gasteiger partial charge in [0.15, 0.2) is 0 Å². The predicted octanol–water partition coefficient (Wildman–Crippen LogP) is 5.08. The van der Waals surface area contributed by atoms with Gasteiger partial charge in [-0.3, -0.25) is 9.59 Å². The molecule has 2 aromatic carbocycles. The maximum atomic E-state index is 12.7. The Bertz CT molecular complexity index is 972. The van der Waals surface area contributed by atoms with E-state index in [2.05, 4.69) is 10.6 Å². The molecule has 0 bridgehead atoms. The lowest BCUT2D eigenvalue weighted by molar-refractivity contribution is -0.117. The zero-order valence-corrected chi connectivity index (χ0v) is 17.8. The van der Waals surface area contributed by atoms with Crippen molar-refractivity contribution >= 4 is 52.6 Å². The molecule has 0 saturated heterocycles. The monoisotopic (exact) mass is 442 g/mol. The fraction of sp³-hybridized carbons (Fsp3) is 0.0909. The number of carbonyl (C=O) groups is 2. The molecule has 0 radical (unpaired) electrons. The van der Waals surface area contributed by atoms with Gasteiger partial charge in [-0.15, -0.1) is 23.1 Å². The average molecular weight is 443 g/mol. The van der Waals surface area contributed by atoms with Crippen molar-refractivity contribution in [2.45, 2.75) is 4.90 Å². The lowest BCUT2D eigenvalue weighted by Crippen LogP contribution is -2.35. The van der Waals surface area contributed by atoms with E-state index in [1.807, 2.05) is 47.8 Å². The Hall–Kier alpha value is -2.54. The Balaban J connectivity index is 1.60. The summed E-state index contributed by atoms with van der Waals surface area (Å²) in [5, 5.41) is 8.22. The molecule has 0 aliphatic heterocycles.